The monoisotopic (exact) mass is 462 g/mol. The predicted molar refractivity (Wildman–Crippen MR) is 136 cm³/mol. The Balaban J connectivity index is 1.68. The lowest BCUT2D eigenvalue weighted by atomic mass is 9.95. The summed E-state index contributed by atoms with van der Waals surface area (Å²) in [5.41, 5.74) is 4.86. The summed E-state index contributed by atoms with van der Waals surface area (Å²) in [7, 11) is 0. The van der Waals surface area contributed by atoms with Crippen molar-refractivity contribution in [2.24, 2.45) is 0 Å². The van der Waals surface area contributed by atoms with Crippen molar-refractivity contribution in [3.05, 3.63) is 53.1 Å². The fourth-order valence-electron chi connectivity index (χ4n) is 4.95. The molecule has 2 heterocycles. The summed E-state index contributed by atoms with van der Waals surface area (Å²) >= 11 is 0. The van der Waals surface area contributed by atoms with Crippen molar-refractivity contribution in [3.63, 3.8) is 0 Å². The van der Waals surface area contributed by atoms with E-state index in [1.807, 2.05) is 58.0 Å². The van der Waals surface area contributed by atoms with Crippen LogP contribution >= 0.6 is 0 Å². The van der Waals surface area contributed by atoms with Crippen molar-refractivity contribution in [1.29, 1.82) is 0 Å². The van der Waals surface area contributed by atoms with Crippen LogP contribution in [-0.2, 0) is 9.59 Å². The first-order valence-corrected chi connectivity index (χ1v) is 12.2. The van der Waals surface area contributed by atoms with Crippen LogP contribution in [0.1, 0.15) is 54.6 Å². The van der Waals surface area contributed by atoms with Crippen LogP contribution in [0.15, 0.2) is 36.4 Å². The van der Waals surface area contributed by atoms with Gasteiger partial charge in [0.05, 0.1) is 11.4 Å². The molecule has 1 atom stereocenters. The molecule has 34 heavy (non-hydrogen) atoms. The van der Waals surface area contributed by atoms with E-state index in [2.05, 4.69) is 10.2 Å². The fourth-order valence-corrected chi connectivity index (χ4v) is 4.95. The topological polar surface area (TPSA) is 73.0 Å². The maximum atomic E-state index is 13.6. The highest BCUT2D eigenvalue weighted by Crippen LogP contribution is 2.40. The molecule has 1 saturated heterocycles. The van der Waals surface area contributed by atoms with Crippen molar-refractivity contribution < 1.29 is 14.4 Å². The van der Waals surface area contributed by atoms with Crippen LogP contribution in [0.5, 0.6) is 0 Å². The molecule has 4 rings (SSSR count). The Morgan fingerprint density at radius 2 is 1.79 bits per heavy atom. The number of hydrogen-bond donors (Lipinski definition) is 1. The maximum absolute atomic E-state index is 13.6. The molecule has 2 aromatic rings. The Morgan fingerprint density at radius 1 is 1.03 bits per heavy atom. The summed E-state index contributed by atoms with van der Waals surface area (Å²) < 4.78 is 0. The molecule has 0 unspecified atom stereocenters. The van der Waals surface area contributed by atoms with Gasteiger partial charge in [0.1, 0.15) is 12.6 Å². The highest BCUT2D eigenvalue weighted by molar-refractivity contribution is 6.11. The first-order chi connectivity index (χ1) is 16.3. The van der Waals surface area contributed by atoms with Crippen LogP contribution < -0.4 is 15.1 Å². The predicted octanol–water partition coefficient (Wildman–Crippen LogP) is 4.13. The molecule has 0 spiro atoms. The molecule has 0 saturated carbocycles. The van der Waals surface area contributed by atoms with E-state index in [4.69, 9.17) is 0 Å². The van der Waals surface area contributed by atoms with E-state index in [9.17, 15) is 14.4 Å². The molecule has 7 nitrogen and oxygen atoms in total. The molecule has 2 aliphatic rings. The molecular formula is C27H34N4O3. The molecule has 7 heteroatoms. The Morgan fingerprint density at radius 3 is 2.53 bits per heavy atom. The van der Waals surface area contributed by atoms with Gasteiger partial charge in [0.25, 0.3) is 5.91 Å². The summed E-state index contributed by atoms with van der Waals surface area (Å²) in [6.07, 6.45) is 2.78. The van der Waals surface area contributed by atoms with Crippen molar-refractivity contribution in [1.82, 2.24) is 4.90 Å². The molecular weight excluding hydrogens is 428 g/mol. The zero-order valence-corrected chi connectivity index (χ0v) is 20.6. The Bertz CT molecular complexity index is 1110. The summed E-state index contributed by atoms with van der Waals surface area (Å²) in [6, 6.07) is 11.2. The van der Waals surface area contributed by atoms with Gasteiger partial charge in [-0.25, -0.2) is 0 Å². The maximum Gasteiger partial charge on any atom is 0.253 e. The van der Waals surface area contributed by atoms with Crippen molar-refractivity contribution >= 4 is 34.8 Å². The Hall–Kier alpha value is -3.35. The van der Waals surface area contributed by atoms with Crippen molar-refractivity contribution in [2.45, 2.75) is 53.0 Å². The van der Waals surface area contributed by atoms with Gasteiger partial charge < -0.3 is 15.1 Å². The second kappa shape index (κ2) is 9.87. The van der Waals surface area contributed by atoms with Gasteiger partial charge in [-0.15, -0.1) is 0 Å². The number of carbonyl (C=O) groups is 3. The number of piperidine rings is 1. The number of amides is 3. The summed E-state index contributed by atoms with van der Waals surface area (Å²) in [4.78, 5) is 45.2. The second-order valence-electron chi connectivity index (χ2n) is 9.18. The quantitative estimate of drug-likeness (QED) is 0.701. The number of carbonyl (C=O) groups excluding carboxylic acids is 3. The van der Waals surface area contributed by atoms with Gasteiger partial charge in [-0.2, -0.15) is 0 Å². The summed E-state index contributed by atoms with van der Waals surface area (Å²) in [5, 5.41) is 2.97. The smallest absolute Gasteiger partial charge is 0.253 e. The summed E-state index contributed by atoms with van der Waals surface area (Å²) in [5.74, 6) is -0.394. The molecule has 2 aliphatic heterocycles. The molecule has 1 N–H and O–H groups in total. The van der Waals surface area contributed by atoms with Crippen LogP contribution in [0.25, 0.3) is 0 Å². The number of aryl methyl sites for hydroxylation is 2. The molecule has 1 fully saturated rings. The molecule has 3 amide bonds. The number of nitrogens with one attached hydrogen (secondary N) is 1. The molecule has 0 aliphatic carbocycles. The van der Waals surface area contributed by atoms with Gasteiger partial charge in [0.2, 0.25) is 11.8 Å². The van der Waals surface area contributed by atoms with E-state index in [1.54, 1.807) is 15.9 Å². The van der Waals surface area contributed by atoms with Gasteiger partial charge in [-0.3, -0.25) is 19.3 Å². The van der Waals surface area contributed by atoms with Gasteiger partial charge in [-0.1, -0.05) is 12.1 Å². The first-order valence-electron chi connectivity index (χ1n) is 12.2. The average molecular weight is 463 g/mol. The average Bonchev–Trinajstić information content (AvgIpc) is 2.84. The van der Waals surface area contributed by atoms with Gasteiger partial charge in [0, 0.05) is 30.9 Å². The lowest BCUT2D eigenvalue weighted by Crippen LogP contribution is -2.56. The van der Waals surface area contributed by atoms with E-state index in [0.717, 1.165) is 48.3 Å². The van der Waals surface area contributed by atoms with Crippen LogP contribution in [0.3, 0.4) is 0 Å². The second-order valence-corrected chi connectivity index (χ2v) is 9.18. The lowest BCUT2D eigenvalue weighted by molar-refractivity contribution is -0.123. The van der Waals surface area contributed by atoms with Crippen LogP contribution in [0.2, 0.25) is 0 Å². The van der Waals surface area contributed by atoms with E-state index < -0.39 is 0 Å². The molecule has 180 valence electrons. The molecule has 2 aromatic carbocycles. The number of fused-ring (bicyclic) bond motifs is 3. The number of rotatable bonds is 6. The van der Waals surface area contributed by atoms with Crippen molar-refractivity contribution in [3.8, 4) is 0 Å². The van der Waals surface area contributed by atoms with Gasteiger partial charge in [0.15, 0.2) is 0 Å². The van der Waals surface area contributed by atoms with E-state index in [1.165, 1.54) is 0 Å². The molecule has 0 aromatic heterocycles. The Kier molecular flexibility index (Phi) is 6.91. The standard InChI is InChI=1S/C27H34N4O3/c1-5-29(6-2)26(33)20-12-13-22-24(16-20)31(27(34)23-9-7-8-14-30(22)23)17-25(32)28-21-15-18(3)10-11-19(21)4/h10-13,15-16,23H,5-9,14,17H2,1-4H3,(H,28,32)/t23-/m0/s1. The zero-order valence-electron chi connectivity index (χ0n) is 20.6. The van der Waals surface area contributed by atoms with Crippen LogP contribution in [0, 0.1) is 13.8 Å². The van der Waals surface area contributed by atoms with E-state index >= 15 is 0 Å². The van der Waals surface area contributed by atoms with Crippen LogP contribution in [-0.4, -0.2) is 54.8 Å². The third-order valence-corrected chi connectivity index (χ3v) is 6.90. The first kappa shape index (κ1) is 23.8. The van der Waals surface area contributed by atoms with Crippen LogP contribution in [0.4, 0.5) is 17.1 Å². The Labute approximate surface area is 201 Å². The van der Waals surface area contributed by atoms with E-state index in [0.29, 0.717) is 24.3 Å². The minimum Gasteiger partial charge on any atom is -0.358 e. The third-order valence-electron chi connectivity index (χ3n) is 6.90. The lowest BCUT2D eigenvalue weighted by Gasteiger charge is -2.45. The van der Waals surface area contributed by atoms with Gasteiger partial charge >= 0.3 is 0 Å². The molecule has 0 bridgehead atoms. The number of hydrogen-bond acceptors (Lipinski definition) is 4. The number of nitrogens with zero attached hydrogens (tertiary/aromatic N) is 3. The minimum atomic E-state index is -0.265. The third kappa shape index (κ3) is 4.52. The zero-order chi connectivity index (χ0) is 24.4. The highest BCUT2D eigenvalue weighted by Gasteiger charge is 2.40. The largest absolute Gasteiger partial charge is 0.358 e. The fraction of sp³-hybridized carbons (Fsp3) is 0.444. The number of anilines is 3. The molecule has 0 radical (unpaired) electrons. The van der Waals surface area contributed by atoms with Gasteiger partial charge in [-0.05, 0) is 82.3 Å². The number of benzene rings is 2. The minimum absolute atomic E-state index is 0.0687. The summed E-state index contributed by atoms with van der Waals surface area (Å²) in [6.45, 7) is 9.76. The highest BCUT2D eigenvalue weighted by atomic mass is 16.2. The SMILES string of the molecule is CCN(CC)C(=O)c1ccc2c(c1)N(CC(=O)Nc1cc(C)ccc1C)C(=O)[C@@H]1CCCCN21. The van der Waals surface area contributed by atoms with Crippen molar-refractivity contribution in [2.75, 3.05) is 41.3 Å². The van der Waals surface area contributed by atoms with E-state index in [-0.39, 0.29) is 30.3 Å². The normalized spacial score (nSPS) is 17.2.